The maximum atomic E-state index is 12.0. The molecule has 1 amide bonds. The number of piperidine rings is 1. The first kappa shape index (κ1) is 19.5. The van der Waals surface area contributed by atoms with Crippen molar-refractivity contribution < 1.29 is 9.90 Å². The number of β-amino-alcohol motifs (C(OH)–C–C–N with tert-alkyl or cyclic N) is 1. The lowest BCUT2D eigenvalue weighted by Gasteiger charge is -2.41. The third kappa shape index (κ3) is 4.93. The zero-order chi connectivity index (χ0) is 19.3. The lowest BCUT2D eigenvalue weighted by molar-refractivity contribution is -0.122. The van der Waals surface area contributed by atoms with Gasteiger partial charge < -0.3 is 21.1 Å². The van der Waals surface area contributed by atoms with E-state index < -0.39 is 5.60 Å². The van der Waals surface area contributed by atoms with Gasteiger partial charge in [0, 0.05) is 55.2 Å². The Morgan fingerprint density at radius 2 is 2.30 bits per heavy atom. The highest BCUT2D eigenvalue weighted by atomic mass is 16.3. The second-order valence-electron chi connectivity index (χ2n) is 7.45. The molecule has 27 heavy (non-hydrogen) atoms. The fourth-order valence-electron chi connectivity index (χ4n) is 3.69. The van der Waals surface area contributed by atoms with E-state index in [0.717, 1.165) is 48.1 Å². The molecule has 1 saturated heterocycles. The van der Waals surface area contributed by atoms with Crippen molar-refractivity contribution >= 4 is 22.5 Å². The Labute approximate surface area is 160 Å². The SMILES string of the molecule is Cc1cc(N2CCCC(O)(CNC(=O)CCCCN)C2)c2cnccc2n1. The topological polar surface area (TPSA) is 104 Å². The molecule has 1 fully saturated rings. The Bertz CT molecular complexity index is 797. The van der Waals surface area contributed by atoms with Crippen LogP contribution in [0.5, 0.6) is 0 Å². The number of fused-ring (bicyclic) bond motifs is 1. The van der Waals surface area contributed by atoms with Crippen LogP contribution >= 0.6 is 0 Å². The van der Waals surface area contributed by atoms with Crippen molar-refractivity contribution in [2.24, 2.45) is 5.73 Å². The summed E-state index contributed by atoms with van der Waals surface area (Å²) in [7, 11) is 0. The van der Waals surface area contributed by atoms with Crippen molar-refractivity contribution in [1.82, 2.24) is 15.3 Å². The van der Waals surface area contributed by atoms with Crippen LogP contribution in [-0.4, -0.2) is 52.8 Å². The molecule has 146 valence electrons. The Morgan fingerprint density at radius 3 is 3.11 bits per heavy atom. The van der Waals surface area contributed by atoms with E-state index in [9.17, 15) is 9.90 Å². The Hall–Kier alpha value is -2.25. The lowest BCUT2D eigenvalue weighted by Crippen LogP contribution is -2.54. The molecule has 0 radical (unpaired) electrons. The van der Waals surface area contributed by atoms with Crippen LogP contribution in [0.25, 0.3) is 10.9 Å². The first-order chi connectivity index (χ1) is 13.0. The Morgan fingerprint density at radius 1 is 1.44 bits per heavy atom. The van der Waals surface area contributed by atoms with E-state index in [0.29, 0.717) is 25.9 Å². The quantitative estimate of drug-likeness (QED) is 0.638. The van der Waals surface area contributed by atoms with Crippen LogP contribution in [0.2, 0.25) is 0 Å². The summed E-state index contributed by atoms with van der Waals surface area (Å²) < 4.78 is 0. The van der Waals surface area contributed by atoms with E-state index >= 15 is 0 Å². The van der Waals surface area contributed by atoms with Gasteiger partial charge in [-0.15, -0.1) is 0 Å². The minimum Gasteiger partial charge on any atom is -0.386 e. The van der Waals surface area contributed by atoms with E-state index in [1.165, 1.54) is 0 Å². The number of rotatable bonds is 7. The number of pyridine rings is 2. The number of aryl methyl sites for hydroxylation is 1. The summed E-state index contributed by atoms with van der Waals surface area (Å²) in [6.45, 7) is 4.18. The van der Waals surface area contributed by atoms with Crippen LogP contribution in [0.4, 0.5) is 5.69 Å². The Balaban J connectivity index is 1.70. The summed E-state index contributed by atoms with van der Waals surface area (Å²) in [6, 6.07) is 3.95. The molecule has 2 aromatic rings. The number of carbonyl (C=O) groups excluding carboxylic acids is 1. The molecule has 0 aromatic carbocycles. The van der Waals surface area contributed by atoms with Crippen molar-refractivity contribution in [3.05, 3.63) is 30.2 Å². The van der Waals surface area contributed by atoms with E-state index in [1.54, 1.807) is 6.20 Å². The largest absolute Gasteiger partial charge is 0.386 e. The van der Waals surface area contributed by atoms with Gasteiger partial charge in [0.1, 0.15) is 0 Å². The summed E-state index contributed by atoms with van der Waals surface area (Å²) in [4.78, 5) is 23.0. The fraction of sp³-hybridized carbons (Fsp3) is 0.550. The van der Waals surface area contributed by atoms with Crippen molar-refractivity contribution in [3.8, 4) is 0 Å². The predicted octanol–water partition coefficient (Wildman–Crippen LogP) is 1.51. The molecule has 3 rings (SSSR count). The van der Waals surface area contributed by atoms with Gasteiger partial charge in [-0.25, -0.2) is 0 Å². The number of aromatic nitrogens is 2. The highest BCUT2D eigenvalue weighted by molar-refractivity contribution is 5.91. The zero-order valence-electron chi connectivity index (χ0n) is 15.9. The summed E-state index contributed by atoms with van der Waals surface area (Å²) in [6.07, 6.45) is 7.18. The van der Waals surface area contributed by atoms with Gasteiger partial charge in [-0.2, -0.15) is 0 Å². The van der Waals surface area contributed by atoms with Crippen LogP contribution in [0, 0.1) is 6.92 Å². The molecular formula is C20H29N5O2. The molecule has 0 bridgehead atoms. The maximum absolute atomic E-state index is 12.0. The van der Waals surface area contributed by atoms with E-state index in [4.69, 9.17) is 5.73 Å². The molecule has 1 atom stereocenters. The van der Waals surface area contributed by atoms with Crippen LogP contribution < -0.4 is 16.0 Å². The van der Waals surface area contributed by atoms with E-state index in [1.807, 2.05) is 25.3 Å². The average Bonchev–Trinajstić information content (AvgIpc) is 2.66. The van der Waals surface area contributed by atoms with Crippen LogP contribution in [0.15, 0.2) is 24.5 Å². The smallest absolute Gasteiger partial charge is 0.220 e. The minimum absolute atomic E-state index is 0.0246. The van der Waals surface area contributed by atoms with Gasteiger partial charge in [0.15, 0.2) is 0 Å². The number of aliphatic hydroxyl groups is 1. The van der Waals surface area contributed by atoms with E-state index in [-0.39, 0.29) is 12.5 Å². The number of nitrogens with two attached hydrogens (primary N) is 1. The molecule has 0 aliphatic carbocycles. The number of hydrogen-bond donors (Lipinski definition) is 3. The van der Waals surface area contributed by atoms with Crippen molar-refractivity contribution in [2.75, 3.05) is 31.1 Å². The van der Waals surface area contributed by atoms with Crippen molar-refractivity contribution in [1.29, 1.82) is 0 Å². The number of unbranched alkanes of at least 4 members (excludes halogenated alkanes) is 1. The third-order valence-electron chi connectivity index (χ3n) is 5.09. The third-order valence-corrected chi connectivity index (χ3v) is 5.09. The standard InChI is InChI=1S/C20H29N5O2/c1-15-11-18(16-12-22-9-6-17(16)24-15)25-10-4-7-20(27,14-25)13-23-19(26)5-2-3-8-21/h6,9,11-12,27H,2-5,7-8,10,13-14,21H2,1H3,(H,23,26). The normalized spacial score (nSPS) is 20.0. The highest BCUT2D eigenvalue weighted by Gasteiger charge is 2.34. The van der Waals surface area contributed by atoms with Gasteiger partial charge in [-0.05, 0) is 51.3 Å². The highest BCUT2D eigenvalue weighted by Crippen LogP contribution is 2.31. The van der Waals surface area contributed by atoms with Crippen LogP contribution in [-0.2, 0) is 4.79 Å². The molecule has 2 aromatic heterocycles. The predicted molar refractivity (Wildman–Crippen MR) is 107 cm³/mol. The van der Waals surface area contributed by atoms with Crippen LogP contribution in [0.1, 0.15) is 37.8 Å². The van der Waals surface area contributed by atoms with Gasteiger partial charge in [0.25, 0.3) is 0 Å². The van der Waals surface area contributed by atoms with Gasteiger partial charge in [-0.3, -0.25) is 14.8 Å². The lowest BCUT2D eigenvalue weighted by atomic mass is 9.92. The molecule has 3 heterocycles. The average molecular weight is 371 g/mol. The summed E-state index contributed by atoms with van der Waals surface area (Å²) in [5, 5.41) is 14.9. The molecule has 0 spiro atoms. The number of amides is 1. The van der Waals surface area contributed by atoms with Gasteiger partial charge in [0.05, 0.1) is 11.1 Å². The van der Waals surface area contributed by atoms with Gasteiger partial charge in [0.2, 0.25) is 5.91 Å². The first-order valence-electron chi connectivity index (χ1n) is 9.66. The molecule has 0 saturated carbocycles. The number of nitrogens with zero attached hydrogens (tertiary/aromatic N) is 3. The number of nitrogens with one attached hydrogen (secondary N) is 1. The number of hydrogen-bond acceptors (Lipinski definition) is 6. The first-order valence-corrected chi connectivity index (χ1v) is 9.66. The van der Waals surface area contributed by atoms with Crippen molar-refractivity contribution in [3.63, 3.8) is 0 Å². The minimum atomic E-state index is -0.937. The van der Waals surface area contributed by atoms with E-state index in [2.05, 4.69) is 20.2 Å². The van der Waals surface area contributed by atoms with Gasteiger partial charge in [-0.1, -0.05) is 0 Å². The maximum Gasteiger partial charge on any atom is 0.220 e. The van der Waals surface area contributed by atoms with Gasteiger partial charge >= 0.3 is 0 Å². The molecule has 7 nitrogen and oxygen atoms in total. The second-order valence-corrected chi connectivity index (χ2v) is 7.45. The molecule has 1 aliphatic rings. The second kappa shape index (κ2) is 8.63. The fourth-order valence-corrected chi connectivity index (χ4v) is 3.69. The summed E-state index contributed by atoms with van der Waals surface area (Å²) in [5.41, 5.74) is 7.40. The summed E-state index contributed by atoms with van der Waals surface area (Å²) in [5.74, 6) is -0.0246. The number of carbonyl (C=O) groups is 1. The molecule has 7 heteroatoms. The molecular weight excluding hydrogens is 342 g/mol. The summed E-state index contributed by atoms with van der Waals surface area (Å²) >= 11 is 0. The molecule has 1 unspecified atom stereocenters. The molecule has 4 N–H and O–H groups in total. The zero-order valence-corrected chi connectivity index (χ0v) is 15.9. The monoisotopic (exact) mass is 371 g/mol. The number of anilines is 1. The van der Waals surface area contributed by atoms with Crippen molar-refractivity contribution in [2.45, 2.75) is 44.6 Å². The Kier molecular flexibility index (Phi) is 6.23. The molecule has 1 aliphatic heterocycles. The van der Waals surface area contributed by atoms with Crippen LogP contribution in [0.3, 0.4) is 0 Å².